The number of carbonyl (C=O) groups is 1. The van der Waals surface area contributed by atoms with Crippen LogP contribution >= 0.6 is 11.3 Å². The van der Waals surface area contributed by atoms with Crippen LogP contribution in [-0.4, -0.2) is 10.9 Å². The first-order valence-corrected chi connectivity index (χ1v) is 9.41. The summed E-state index contributed by atoms with van der Waals surface area (Å²) >= 11 is 1.67. The molecule has 0 aliphatic heterocycles. The van der Waals surface area contributed by atoms with Gasteiger partial charge in [0, 0.05) is 18.2 Å². The number of nitrogens with one attached hydrogen (secondary N) is 1. The van der Waals surface area contributed by atoms with Crippen LogP contribution in [0.15, 0.2) is 35.7 Å². The monoisotopic (exact) mass is 328 g/mol. The standard InChI is InChI=1S/C19H24N2OS/c22-18(11-15-7-3-1-4-8-15)20-13-17-14-23-19(21-17)12-16-9-5-2-6-10-16/h2,5-6,9-10,14-15H,1,3-4,7-8,11-13H2,(H,20,22). The van der Waals surface area contributed by atoms with E-state index in [4.69, 9.17) is 0 Å². The Bertz CT molecular complexity index is 617. The minimum atomic E-state index is 0.175. The first kappa shape index (κ1) is 16.2. The highest BCUT2D eigenvalue weighted by atomic mass is 32.1. The second-order valence-corrected chi connectivity index (χ2v) is 7.32. The molecule has 0 bridgehead atoms. The van der Waals surface area contributed by atoms with Gasteiger partial charge in [0.25, 0.3) is 0 Å². The Labute approximate surface area is 142 Å². The molecule has 1 fully saturated rings. The van der Waals surface area contributed by atoms with Gasteiger partial charge in [0.05, 0.1) is 17.2 Å². The number of carbonyl (C=O) groups excluding carboxylic acids is 1. The lowest BCUT2D eigenvalue weighted by molar-refractivity contribution is -0.122. The molecule has 0 spiro atoms. The normalized spacial score (nSPS) is 15.5. The molecule has 1 amide bonds. The molecular weight excluding hydrogens is 304 g/mol. The Balaban J connectivity index is 1.44. The molecule has 0 atom stereocenters. The summed E-state index contributed by atoms with van der Waals surface area (Å²) in [6.07, 6.45) is 7.88. The van der Waals surface area contributed by atoms with Gasteiger partial charge in [-0.15, -0.1) is 11.3 Å². The van der Waals surface area contributed by atoms with Crippen molar-refractivity contribution < 1.29 is 4.79 Å². The second kappa shape index (κ2) is 8.25. The van der Waals surface area contributed by atoms with Gasteiger partial charge >= 0.3 is 0 Å². The summed E-state index contributed by atoms with van der Waals surface area (Å²) in [7, 11) is 0. The van der Waals surface area contributed by atoms with Crippen LogP contribution in [0.3, 0.4) is 0 Å². The fourth-order valence-electron chi connectivity index (χ4n) is 3.20. The molecule has 0 saturated heterocycles. The van der Waals surface area contributed by atoms with Crippen molar-refractivity contribution >= 4 is 17.2 Å². The molecule has 3 nitrogen and oxygen atoms in total. The molecule has 2 aromatic rings. The highest BCUT2D eigenvalue weighted by Gasteiger charge is 2.17. The van der Waals surface area contributed by atoms with Crippen molar-refractivity contribution in [1.82, 2.24) is 10.3 Å². The Kier molecular flexibility index (Phi) is 5.81. The van der Waals surface area contributed by atoms with Crippen LogP contribution in [0.4, 0.5) is 0 Å². The lowest BCUT2D eigenvalue weighted by Crippen LogP contribution is -2.26. The van der Waals surface area contributed by atoms with Crippen LogP contribution in [0.5, 0.6) is 0 Å². The Morgan fingerprint density at radius 1 is 1.17 bits per heavy atom. The van der Waals surface area contributed by atoms with Crippen molar-refractivity contribution in [3.63, 3.8) is 0 Å². The molecule has 1 heterocycles. The molecule has 1 N–H and O–H groups in total. The summed E-state index contributed by atoms with van der Waals surface area (Å²) < 4.78 is 0. The van der Waals surface area contributed by atoms with Crippen LogP contribution < -0.4 is 5.32 Å². The molecule has 1 aliphatic carbocycles. The topological polar surface area (TPSA) is 42.0 Å². The van der Waals surface area contributed by atoms with Crippen molar-refractivity contribution in [2.75, 3.05) is 0 Å². The average Bonchev–Trinajstić information content (AvgIpc) is 3.02. The van der Waals surface area contributed by atoms with Crippen LogP contribution in [-0.2, 0) is 17.8 Å². The summed E-state index contributed by atoms with van der Waals surface area (Å²) in [5, 5.41) is 6.19. The van der Waals surface area contributed by atoms with Crippen LogP contribution in [0.2, 0.25) is 0 Å². The van der Waals surface area contributed by atoms with Gasteiger partial charge in [-0.2, -0.15) is 0 Å². The van der Waals surface area contributed by atoms with E-state index >= 15 is 0 Å². The van der Waals surface area contributed by atoms with E-state index in [0.717, 1.165) is 17.1 Å². The summed E-state index contributed by atoms with van der Waals surface area (Å²) in [5.74, 6) is 0.766. The van der Waals surface area contributed by atoms with E-state index in [1.54, 1.807) is 11.3 Å². The van der Waals surface area contributed by atoms with Crippen molar-refractivity contribution in [2.24, 2.45) is 5.92 Å². The number of hydrogen-bond donors (Lipinski definition) is 1. The first-order valence-electron chi connectivity index (χ1n) is 8.53. The van der Waals surface area contributed by atoms with Crippen LogP contribution in [0.25, 0.3) is 0 Å². The maximum atomic E-state index is 12.0. The zero-order valence-electron chi connectivity index (χ0n) is 13.5. The Morgan fingerprint density at radius 3 is 2.74 bits per heavy atom. The van der Waals surface area contributed by atoms with E-state index in [1.165, 1.54) is 37.7 Å². The fourth-order valence-corrected chi connectivity index (χ4v) is 4.02. The minimum Gasteiger partial charge on any atom is -0.350 e. The smallest absolute Gasteiger partial charge is 0.220 e. The first-order chi connectivity index (χ1) is 11.3. The third-order valence-electron chi connectivity index (χ3n) is 4.46. The number of thiazole rings is 1. The average molecular weight is 328 g/mol. The Hall–Kier alpha value is -1.68. The maximum absolute atomic E-state index is 12.0. The predicted molar refractivity (Wildman–Crippen MR) is 94.4 cm³/mol. The zero-order valence-corrected chi connectivity index (χ0v) is 14.3. The molecule has 4 heteroatoms. The van der Waals surface area contributed by atoms with Crippen molar-refractivity contribution in [3.05, 3.63) is 52.0 Å². The van der Waals surface area contributed by atoms with Crippen molar-refractivity contribution in [3.8, 4) is 0 Å². The van der Waals surface area contributed by atoms with Gasteiger partial charge in [-0.3, -0.25) is 4.79 Å². The predicted octanol–water partition coefficient (Wildman–Crippen LogP) is 4.32. The molecule has 3 rings (SSSR count). The molecule has 0 radical (unpaired) electrons. The number of amides is 1. The minimum absolute atomic E-state index is 0.175. The SMILES string of the molecule is O=C(CC1CCCCC1)NCc1csc(Cc2ccccc2)n1. The third kappa shape index (κ3) is 5.17. The van der Waals surface area contributed by atoms with Gasteiger partial charge < -0.3 is 5.32 Å². The van der Waals surface area contributed by atoms with E-state index in [2.05, 4.69) is 39.9 Å². The number of nitrogens with zero attached hydrogens (tertiary/aromatic N) is 1. The van der Waals surface area contributed by atoms with Gasteiger partial charge in [0.15, 0.2) is 0 Å². The van der Waals surface area contributed by atoms with E-state index in [1.807, 2.05) is 6.07 Å². The Morgan fingerprint density at radius 2 is 1.96 bits per heavy atom. The lowest BCUT2D eigenvalue weighted by Gasteiger charge is -2.20. The van der Waals surface area contributed by atoms with E-state index in [9.17, 15) is 4.79 Å². The van der Waals surface area contributed by atoms with Gasteiger partial charge in [0.1, 0.15) is 0 Å². The second-order valence-electron chi connectivity index (χ2n) is 6.38. The molecule has 1 aromatic heterocycles. The number of rotatable bonds is 6. The number of benzene rings is 1. The highest BCUT2D eigenvalue weighted by molar-refractivity contribution is 7.09. The van der Waals surface area contributed by atoms with Gasteiger partial charge in [-0.05, 0) is 24.3 Å². The van der Waals surface area contributed by atoms with Gasteiger partial charge in [-0.1, -0.05) is 49.6 Å². The molecule has 1 saturated carbocycles. The third-order valence-corrected chi connectivity index (χ3v) is 5.36. The molecule has 1 aliphatic rings. The van der Waals surface area contributed by atoms with Gasteiger partial charge in [0.2, 0.25) is 5.91 Å². The van der Waals surface area contributed by atoms with E-state index < -0.39 is 0 Å². The molecule has 23 heavy (non-hydrogen) atoms. The number of hydrogen-bond acceptors (Lipinski definition) is 3. The maximum Gasteiger partial charge on any atom is 0.220 e. The molecule has 0 unspecified atom stereocenters. The molecule has 122 valence electrons. The van der Waals surface area contributed by atoms with Gasteiger partial charge in [-0.25, -0.2) is 4.98 Å². The summed E-state index contributed by atoms with van der Waals surface area (Å²) in [6, 6.07) is 10.4. The largest absolute Gasteiger partial charge is 0.350 e. The molecule has 1 aromatic carbocycles. The summed E-state index contributed by atoms with van der Waals surface area (Å²) in [6.45, 7) is 0.552. The van der Waals surface area contributed by atoms with Crippen molar-refractivity contribution in [1.29, 1.82) is 0 Å². The quantitative estimate of drug-likeness (QED) is 0.858. The number of aromatic nitrogens is 1. The van der Waals surface area contributed by atoms with Crippen LogP contribution in [0, 0.1) is 5.92 Å². The molecular formula is C19H24N2OS. The summed E-state index contributed by atoms with van der Waals surface area (Å²) in [4.78, 5) is 16.7. The fraction of sp³-hybridized carbons (Fsp3) is 0.474. The zero-order chi connectivity index (χ0) is 15.9. The lowest BCUT2D eigenvalue weighted by atomic mass is 9.87. The van der Waals surface area contributed by atoms with Crippen LogP contribution in [0.1, 0.15) is 54.8 Å². The van der Waals surface area contributed by atoms with E-state index in [-0.39, 0.29) is 5.91 Å². The highest BCUT2D eigenvalue weighted by Crippen LogP contribution is 2.26. The van der Waals surface area contributed by atoms with E-state index in [0.29, 0.717) is 18.9 Å². The summed E-state index contributed by atoms with van der Waals surface area (Å²) in [5.41, 5.74) is 2.24. The van der Waals surface area contributed by atoms with Crippen molar-refractivity contribution in [2.45, 2.75) is 51.5 Å².